The lowest BCUT2D eigenvalue weighted by atomic mass is 9.80. The normalized spacial score (nSPS) is 27.9. The molecule has 1 spiro atoms. The minimum atomic E-state index is -3.51. The van der Waals surface area contributed by atoms with Crippen molar-refractivity contribution in [1.82, 2.24) is 4.31 Å². The molecule has 0 saturated carbocycles. The number of hydrogen-bond donors (Lipinski definition) is 1. The average molecular weight is 350 g/mol. The molecule has 3 aliphatic rings. The molecule has 1 aromatic rings. The number of nitrogens with one attached hydrogen (secondary N) is 1. The minimum absolute atomic E-state index is 0.00645. The SMILES string of the molecule is O=C1CCc2cc(S(=O)(=O)N3CCC[C@@]4(CCOC4)C3)ccc2N1. The zero-order valence-electron chi connectivity index (χ0n) is 13.6. The Labute approximate surface area is 142 Å². The molecule has 1 N–H and O–H groups in total. The van der Waals surface area contributed by atoms with Gasteiger partial charge in [-0.3, -0.25) is 4.79 Å². The summed E-state index contributed by atoms with van der Waals surface area (Å²) in [7, 11) is -3.51. The summed E-state index contributed by atoms with van der Waals surface area (Å²) in [5, 5.41) is 2.79. The van der Waals surface area contributed by atoms with Gasteiger partial charge in [0.2, 0.25) is 15.9 Å². The van der Waals surface area contributed by atoms with E-state index in [1.807, 2.05) is 0 Å². The van der Waals surface area contributed by atoms with Gasteiger partial charge < -0.3 is 10.1 Å². The van der Waals surface area contributed by atoms with Crippen molar-refractivity contribution in [2.45, 2.75) is 37.0 Å². The Morgan fingerprint density at radius 3 is 2.88 bits per heavy atom. The third-order valence-corrected chi connectivity index (χ3v) is 7.26. The second kappa shape index (κ2) is 5.82. The molecule has 0 unspecified atom stereocenters. The summed E-state index contributed by atoms with van der Waals surface area (Å²) in [5.41, 5.74) is 1.61. The molecule has 24 heavy (non-hydrogen) atoms. The smallest absolute Gasteiger partial charge is 0.243 e. The maximum atomic E-state index is 13.1. The molecule has 0 bridgehead atoms. The number of amides is 1. The van der Waals surface area contributed by atoms with E-state index in [0.717, 1.165) is 37.1 Å². The van der Waals surface area contributed by atoms with Crippen molar-refractivity contribution in [3.05, 3.63) is 23.8 Å². The van der Waals surface area contributed by atoms with E-state index in [4.69, 9.17) is 4.74 Å². The minimum Gasteiger partial charge on any atom is -0.381 e. The van der Waals surface area contributed by atoms with Crippen molar-refractivity contribution in [1.29, 1.82) is 0 Å². The van der Waals surface area contributed by atoms with Gasteiger partial charge in [-0.05, 0) is 49.4 Å². The topological polar surface area (TPSA) is 75.7 Å². The van der Waals surface area contributed by atoms with Crippen LogP contribution in [0.2, 0.25) is 0 Å². The quantitative estimate of drug-likeness (QED) is 0.882. The van der Waals surface area contributed by atoms with Gasteiger partial charge in [-0.15, -0.1) is 0 Å². The van der Waals surface area contributed by atoms with Crippen molar-refractivity contribution >= 4 is 21.6 Å². The van der Waals surface area contributed by atoms with Gasteiger partial charge in [0.25, 0.3) is 0 Å². The van der Waals surface area contributed by atoms with Gasteiger partial charge in [-0.25, -0.2) is 8.42 Å². The molecule has 130 valence electrons. The van der Waals surface area contributed by atoms with Crippen LogP contribution in [0.4, 0.5) is 5.69 Å². The summed E-state index contributed by atoms with van der Waals surface area (Å²) in [6, 6.07) is 5.03. The molecule has 7 heteroatoms. The van der Waals surface area contributed by atoms with Gasteiger partial charge in [0, 0.05) is 37.2 Å². The van der Waals surface area contributed by atoms with Crippen molar-refractivity contribution in [3.63, 3.8) is 0 Å². The van der Waals surface area contributed by atoms with Crippen LogP contribution < -0.4 is 5.32 Å². The van der Waals surface area contributed by atoms with Crippen LogP contribution in [-0.4, -0.2) is 44.9 Å². The van der Waals surface area contributed by atoms with Crippen LogP contribution in [0.5, 0.6) is 0 Å². The molecule has 4 rings (SSSR count). The molecule has 6 nitrogen and oxygen atoms in total. The van der Waals surface area contributed by atoms with E-state index in [2.05, 4.69) is 5.32 Å². The first-order chi connectivity index (χ1) is 11.5. The molecule has 3 heterocycles. The molecule has 1 amide bonds. The van der Waals surface area contributed by atoms with E-state index in [9.17, 15) is 13.2 Å². The lowest BCUT2D eigenvalue weighted by molar-refractivity contribution is -0.116. The third kappa shape index (κ3) is 2.74. The van der Waals surface area contributed by atoms with Crippen molar-refractivity contribution in [2.75, 3.05) is 31.6 Å². The van der Waals surface area contributed by atoms with Crippen LogP contribution in [0.25, 0.3) is 0 Å². The Morgan fingerprint density at radius 2 is 2.08 bits per heavy atom. The largest absolute Gasteiger partial charge is 0.381 e. The second-order valence-corrected chi connectivity index (χ2v) is 9.05. The molecule has 0 aliphatic carbocycles. The number of aryl methyl sites for hydroxylation is 1. The predicted molar refractivity (Wildman–Crippen MR) is 89.3 cm³/mol. The molecule has 3 aliphatic heterocycles. The zero-order chi connectivity index (χ0) is 16.8. The van der Waals surface area contributed by atoms with E-state index in [-0.39, 0.29) is 11.3 Å². The lowest BCUT2D eigenvalue weighted by Crippen LogP contribution is -2.46. The Bertz CT molecular complexity index is 769. The number of carbonyl (C=O) groups excluding carboxylic acids is 1. The highest BCUT2D eigenvalue weighted by molar-refractivity contribution is 7.89. The Hall–Kier alpha value is -1.44. The van der Waals surface area contributed by atoms with Gasteiger partial charge in [-0.2, -0.15) is 4.31 Å². The van der Waals surface area contributed by atoms with E-state index < -0.39 is 10.0 Å². The molecule has 1 aromatic carbocycles. The van der Waals surface area contributed by atoms with Crippen LogP contribution >= 0.6 is 0 Å². The first-order valence-corrected chi connectivity index (χ1v) is 9.93. The van der Waals surface area contributed by atoms with Gasteiger partial charge in [0.15, 0.2) is 0 Å². The molecule has 0 radical (unpaired) electrons. The van der Waals surface area contributed by atoms with E-state index in [1.165, 1.54) is 0 Å². The number of sulfonamides is 1. The molecule has 2 fully saturated rings. The zero-order valence-corrected chi connectivity index (χ0v) is 14.4. The number of piperidine rings is 1. The number of anilines is 1. The summed E-state index contributed by atoms with van der Waals surface area (Å²) in [4.78, 5) is 11.8. The fourth-order valence-electron chi connectivity index (χ4n) is 4.01. The fraction of sp³-hybridized carbons (Fsp3) is 0.588. The first-order valence-electron chi connectivity index (χ1n) is 8.49. The van der Waals surface area contributed by atoms with Gasteiger partial charge in [0.05, 0.1) is 11.5 Å². The van der Waals surface area contributed by atoms with E-state index in [0.29, 0.717) is 37.4 Å². The molecule has 2 saturated heterocycles. The van der Waals surface area contributed by atoms with E-state index in [1.54, 1.807) is 22.5 Å². The lowest BCUT2D eigenvalue weighted by Gasteiger charge is -2.38. The number of fused-ring (bicyclic) bond motifs is 1. The summed E-state index contributed by atoms with van der Waals surface area (Å²) in [6.07, 6.45) is 3.84. The Kier molecular flexibility index (Phi) is 3.89. The molecule has 0 aromatic heterocycles. The van der Waals surface area contributed by atoms with Crippen LogP contribution in [0.1, 0.15) is 31.2 Å². The summed E-state index contributed by atoms with van der Waals surface area (Å²) in [6.45, 7) is 2.50. The van der Waals surface area contributed by atoms with Gasteiger partial charge >= 0.3 is 0 Å². The van der Waals surface area contributed by atoms with Gasteiger partial charge in [-0.1, -0.05) is 0 Å². The molecular formula is C17H22N2O4S. The van der Waals surface area contributed by atoms with E-state index >= 15 is 0 Å². The summed E-state index contributed by atoms with van der Waals surface area (Å²) in [5.74, 6) is -0.0164. The molecular weight excluding hydrogens is 328 g/mol. The predicted octanol–water partition coefficient (Wildman–Crippen LogP) is 1.76. The van der Waals surface area contributed by atoms with Gasteiger partial charge in [0.1, 0.15) is 0 Å². The maximum Gasteiger partial charge on any atom is 0.243 e. The standard InChI is InChI=1S/C17H22N2O4S/c20-16-5-2-13-10-14(3-4-15(13)18-16)24(21,22)19-8-1-6-17(11-19)7-9-23-12-17/h3-4,10H,1-2,5-9,11-12H2,(H,18,20)/t17-/m1/s1. The maximum absolute atomic E-state index is 13.1. The first kappa shape index (κ1) is 16.1. The van der Waals surface area contributed by atoms with Crippen molar-refractivity contribution in [2.24, 2.45) is 5.41 Å². The molecule has 1 atom stereocenters. The number of nitrogens with zero attached hydrogens (tertiary/aromatic N) is 1. The summed E-state index contributed by atoms with van der Waals surface area (Å²) >= 11 is 0. The Balaban J connectivity index is 1.61. The number of benzene rings is 1. The fourth-order valence-corrected chi connectivity index (χ4v) is 5.65. The number of rotatable bonds is 2. The van der Waals surface area contributed by atoms with Crippen LogP contribution in [0.15, 0.2) is 23.1 Å². The van der Waals surface area contributed by atoms with Crippen molar-refractivity contribution < 1.29 is 17.9 Å². The number of carbonyl (C=O) groups is 1. The highest BCUT2D eigenvalue weighted by Gasteiger charge is 2.42. The number of hydrogen-bond acceptors (Lipinski definition) is 4. The average Bonchev–Trinajstić information content (AvgIpc) is 3.02. The van der Waals surface area contributed by atoms with Crippen LogP contribution in [-0.2, 0) is 26.0 Å². The third-order valence-electron chi connectivity index (χ3n) is 5.42. The highest BCUT2D eigenvalue weighted by atomic mass is 32.2. The number of ether oxygens (including phenoxy) is 1. The monoisotopic (exact) mass is 350 g/mol. The highest BCUT2D eigenvalue weighted by Crippen LogP contribution is 2.39. The van der Waals surface area contributed by atoms with Crippen LogP contribution in [0, 0.1) is 5.41 Å². The Morgan fingerprint density at radius 1 is 1.21 bits per heavy atom. The second-order valence-electron chi connectivity index (χ2n) is 7.11. The van der Waals surface area contributed by atoms with Crippen LogP contribution in [0.3, 0.4) is 0 Å². The van der Waals surface area contributed by atoms with Crippen molar-refractivity contribution in [3.8, 4) is 0 Å². The summed E-state index contributed by atoms with van der Waals surface area (Å²) < 4.78 is 33.3.